The largest absolute Gasteiger partial charge is 0.383 e. The van der Waals surface area contributed by atoms with Gasteiger partial charge in [-0.25, -0.2) is 4.68 Å². The molecule has 5 heteroatoms. The van der Waals surface area contributed by atoms with E-state index in [0.29, 0.717) is 25.4 Å². The van der Waals surface area contributed by atoms with Crippen LogP contribution in [0.25, 0.3) is 5.69 Å². The summed E-state index contributed by atoms with van der Waals surface area (Å²) >= 11 is 0. The van der Waals surface area contributed by atoms with Gasteiger partial charge in [-0.15, -0.1) is 0 Å². The predicted octanol–water partition coefficient (Wildman–Crippen LogP) is 1.84. The second-order valence-corrected chi connectivity index (χ2v) is 5.16. The van der Waals surface area contributed by atoms with Gasteiger partial charge in [0.1, 0.15) is 5.69 Å². The molecule has 1 aromatic heterocycles. The summed E-state index contributed by atoms with van der Waals surface area (Å²) in [6, 6.07) is 9.78. The molecule has 0 fully saturated rings. The number of ether oxygens (including phenoxy) is 1. The summed E-state index contributed by atoms with van der Waals surface area (Å²) in [5.41, 5.74) is 3.56. The number of aromatic nitrogens is 2. The first-order valence-electron chi connectivity index (χ1n) is 7.55. The summed E-state index contributed by atoms with van der Waals surface area (Å²) < 4.78 is 6.84. The third kappa shape index (κ3) is 3.81. The van der Waals surface area contributed by atoms with Gasteiger partial charge in [-0.05, 0) is 25.0 Å². The summed E-state index contributed by atoms with van der Waals surface area (Å²) in [4.78, 5) is 12.1. The molecule has 0 aliphatic rings. The minimum atomic E-state index is -0.0346. The molecule has 0 bridgehead atoms. The molecule has 0 unspecified atom stereocenters. The van der Waals surface area contributed by atoms with Crippen LogP contribution in [0.15, 0.2) is 35.1 Å². The maximum absolute atomic E-state index is 12.1. The lowest BCUT2D eigenvalue weighted by Crippen LogP contribution is -2.26. The van der Waals surface area contributed by atoms with E-state index in [1.165, 1.54) is 5.56 Å². The van der Waals surface area contributed by atoms with E-state index in [0.717, 1.165) is 17.8 Å². The van der Waals surface area contributed by atoms with Crippen molar-refractivity contribution in [2.75, 3.05) is 20.3 Å². The van der Waals surface area contributed by atoms with Crippen molar-refractivity contribution in [2.24, 2.45) is 0 Å². The Morgan fingerprint density at radius 2 is 2.09 bits per heavy atom. The number of benzene rings is 1. The van der Waals surface area contributed by atoms with Gasteiger partial charge in [0.05, 0.1) is 12.3 Å². The van der Waals surface area contributed by atoms with Crippen molar-refractivity contribution in [3.8, 4) is 5.69 Å². The third-order valence-electron chi connectivity index (χ3n) is 3.56. The second-order valence-electron chi connectivity index (χ2n) is 5.16. The van der Waals surface area contributed by atoms with Gasteiger partial charge in [0.25, 0.3) is 0 Å². The van der Waals surface area contributed by atoms with E-state index in [1.807, 2.05) is 29.8 Å². The molecule has 5 nitrogen and oxygen atoms in total. The number of para-hydroxylation sites is 1. The van der Waals surface area contributed by atoms with Crippen molar-refractivity contribution >= 4 is 0 Å². The van der Waals surface area contributed by atoms with Crippen LogP contribution in [0.2, 0.25) is 0 Å². The van der Waals surface area contributed by atoms with E-state index in [-0.39, 0.29) is 5.43 Å². The number of hydrogen-bond donors (Lipinski definition) is 1. The molecule has 2 aromatic rings. The van der Waals surface area contributed by atoms with Crippen LogP contribution in [-0.2, 0) is 17.7 Å². The Balaban J connectivity index is 2.34. The number of rotatable bonds is 7. The van der Waals surface area contributed by atoms with E-state index in [9.17, 15) is 4.79 Å². The monoisotopic (exact) mass is 301 g/mol. The highest BCUT2D eigenvalue weighted by atomic mass is 16.5. The Labute approximate surface area is 130 Å². The van der Waals surface area contributed by atoms with E-state index in [4.69, 9.17) is 4.74 Å². The third-order valence-corrected chi connectivity index (χ3v) is 3.56. The first-order chi connectivity index (χ1) is 10.7. The molecular weight excluding hydrogens is 278 g/mol. The number of methoxy groups -OCH3 is 1. The van der Waals surface area contributed by atoms with Crippen molar-refractivity contribution in [1.82, 2.24) is 15.1 Å². The summed E-state index contributed by atoms with van der Waals surface area (Å²) in [6.45, 7) is 5.76. The fourth-order valence-electron chi connectivity index (χ4n) is 2.35. The number of nitrogens with one attached hydrogen (secondary N) is 1. The average Bonchev–Trinajstić information content (AvgIpc) is 2.53. The lowest BCUT2D eigenvalue weighted by Gasteiger charge is -2.14. The van der Waals surface area contributed by atoms with E-state index in [1.54, 1.807) is 13.2 Å². The van der Waals surface area contributed by atoms with E-state index >= 15 is 0 Å². The quantitative estimate of drug-likeness (QED) is 0.793. The Bertz CT molecular complexity index is 680. The van der Waals surface area contributed by atoms with E-state index < -0.39 is 0 Å². The predicted molar refractivity (Wildman–Crippen MR) is 87.5 cm³/mol. The molecule has 0 aliphatic carbocycles. The van der Waals surface area contributed by atoms with Gasteiger partial charge in [-0.1, -0.05) is 25.1 Å². The van der Waals surface area contributed by atoms with Gasteiger partial charge in [-0.2, -0.15) is 5.10 Å². The van der Waals surface area contributed by atoms with Crippen molar-refractivity contribution in [3.05, 3.63) is 57.5 Å². The standard InChI is InChI=1S/C17H23N3O2/c1-4-14-7-5-6-8-16(14)20-13(2)11-17(21)15(19-20)12-18-9-10-22-3/h5-8,11,18H,4,9-10,12H2,1-3H3. The number of nitrogens with zero attached hydrogens (tertiary/aromatic N) is 2. The highest BCUT2D eigenvalue weighted by molar-refractivity contribution is 5.41. The molecule has 0 spiro atoms. The fourth-order valence-corrected chi connectivity index (χ4v) is 2.35. The zero-order chi connectivity index (χ0) is 15.9. The van der Waals surface area contributed by atoms with Crippen molar-refractivity contribution in [1.29, 1.82) is 0 Å². The van der Waals surface area contributed by atoms with Gasteiger partial charge in [0.15, 0.2) is 0 Å². The highest BCUT2D eigenvalue weighted by Crippen LogP contribution is 2.15. The van der Waals surface area contributed by atoms with Gasteiger partial charge in [-0.3, -0.25) is 4.79 Å². The number of aryl methyl sites for hydroxylation is 2. The van der Waals surface area contributed by atoms with Crippen LogP contribution in [0.3, 0.4) is 0 Å². The Hall–Kier alpha value is -1.98. The SMILES string of the molecule is CCc1ccccc1-n1nc(CNCCOC)c(=O)cc1C. The maximum Gasteiger partial charge on any atom is 0.204 e. The summed E-state index contributed by atoms with van der Waals surface area (Å²) in [5.74, 6) is 0. The zero-order valence-electron chi connectivity index (χ0n) is 13.4. The minimum Gasteiger partial charge on any atom is -0.383 e. The summed E-state index contributed by atoms with van der Waals surface area (Å²) in [7, 11) is 1.65. The highest BCUT2D eigenvalue weighted by Gasteiger charge is 2.09. The van der Waals surface area contributed by atoms with Crippen LogP contribution in [0.4, 0.5) is 0 Å². The molecule has 0 radical (unpaired) electrons. The minimum absolute atomic E-state index is 0.0346. The van der Waals surface area contributed by atoms with E-state index in [2.05, 4.69) is 23.4 Å². The van der Waals surface area contributed by atoms with Crippen molar-refractivity contribution in [3.63, 3.8) is 0 Å². The van der Waals surface area contributed by atoms with Gasteiger partial charge in [0, 0.05) is 32.0 Å². The van der Waals surface area contributed by atoms with Gasteiger partial charge >= 0.3 is 0 Å². The lowest BCUT2D eigenvalue weighted by atomic mass is 10.1. The molecule has 22 heavy (non-hydrogen) atoms. The molecule has 0 atom stereocenters. The van der Waals surface area contributed by atoms with Crippen LogP contribution in [0.5, 0.6) is 0 Å². The summed E-state index contributed by atoms with van der Waals surface area (Å²) in [6.07, 6.45) is 0.921. The van der Waals surface area contributed by atoms with Crippen LogP contribution in [0.1, 0.15) is 23.9 Å². The summed E-state index contributed by atoms with van der Waals surface area (Å²) in [5, 5.41) is 7.72. The molecule has 0 saturated carbocycles. The van der Waals surface area contributed by atoms with Crippen LogP contribution in [0, 0.1) is 6.92 Å². The Morgan fingerprint density at radius 3 is 2.82 bits per heavy atom. The van der Waals surface area contributed by atoms with Crippen LogP contribution in [-0.4, -0.2) is 30.0 Å². The Morgan fingerprint density at radius 1 is 1.32 bits per heavy atom. The fraction of sp³-hybridized carbons (Fsp3) is 0.412. The smallest absolute Gasteiger partial charge is 0.204 e. The molecule has 0 saturated heterocycles. The molecule has 0 amide bonds. The van der Waals surface area contributed by atoms with Gasteiger partial charge < -0.3 is 10.1 Å². The topological polar surface area (TPSA) is 56.1 Å². The van der Waals surface area contributed by atoms with Gasteiger partial charge in [0.2, 0.25) is 5.43 Å². The molecule has 0 aliphatic heterocycles. The average molecular weight is 301 g/mol. The lowest BCUT2D eigenvalue weighted by molar-refractivity contribution is 0.199. The molecule has 1 heterocycles. The molecule has 1 N–H and O–H groups in total. The number of hydrogen-bond acceptors (Lipinski definition) is 4. The first-order valence-corrected chi connectivity index (χ1v) is 7.55. The molecule has 2 rings (SSSR count). The molecule has 1 aromatic carbocycles. The van der Waals surface area contributed by atoms with Crippen molar-refractivity contribution in [2.45, 2.75) is 26.8 Å². The normalized spacial score (nSPS) is 10.9. The Kier molecular flexibility index (Phi) is 5.86. The van der Waals surface area contributed by atoms with Crippen molar-refractivity contribution < 1.29 is 4.74 Å². The van der Waals surface area contributed by atoms with Crippen LogP contribution < -0.4 is 10.7 Å². The molecular formula is C17H23N3O2. The molecule has 118 valence electrons. The zero-order valence-corrected chi connectivity index (χ0v) is 13.4. The van der Waals surface area contributed by atoms with Crippen LogP contribution >= 0.6 is 0 Å². The second kappa shape index (κ2) is 7.87. The first kappa shape index (κ1) is 16.4. The maximum atomic E-state index is 12.1.